The molecule has 0 amide bonds. The molecule has 2 aromatic heterocycles. The maximum absolute atomic E-state index is 14.0. The first kappa shape index (κ1) is 13.9. The fourth-order valence-electron chi connectivity index (χ4n) is 2.26. The molecule has 3 rings (SSSR count). The molecule has 0 radical (unpaired) electrons. The Labute approximate surface area is 124 Å². The molecule has 0 aliphatic rings. The van der Waals surface area contributed by atoms with Crippen LogP contribution in [-0.2, 0) is 25.9 Å². The van der Waals surface area contributed by atoms with Gasteiger partial charge in [0.15, 0.2) is 17.5 Å². The summed E-state index contributed by atoms with van der Waals surface area (Å²) in [5, 5.41) is 4.16. The Bertz CT molecular complexity index is 795. The van der Waals surface area contributed by atoms with E-state index in [1.165, 1.54) is 6.07 Å². The van der Waals surface area contributed by atoms with Crippen LogP contribution in [0.1, 0.15) is 11.6 Å². The Morgan fingerprint density at radius 3 is 2.76 bits per heavy atom. The number of alkyl halides is 1. The van der Waals surface area contributed by atoms with Crippen molar-refractivity contribution in [3.63, 3.8) is 0 Å². The van der Waals surface area contributed by atoms with Crippen LogP contribution in [0.4, 0.5) is 8.78 Å². The molecule has 0 saturated carbocycles. The van der Waals surface area contributed by atoms with Gasteiger partial charge in [-0.3, -0.25) is 4.68 Å². The lowest BCUT2D eigenvalue weighted by atomic mass is 10.3. The van der Waals surface area contributed by atoms with Crippen molar-refractivity contribution in [1.29, 1.82) is 0 Å². The van der Waals surface area contributed by atoms with E-state index < -0.39 is 11.6 Å². The van der Waals surface area contributed by atoms with Gasteiger partial charge < -0.3 is 4.57 Å². The molecular weight excluding hydrogens is 300 g/mol. The molecule has 0 fully saturated rings. The first-order chi connectivity index (χ1) is 10.1. The van der Waals surface area contributed by atoms with Gasteiger partial charge >= 0.3 is 0 Å². The van der Waals surface area contributed by atoms with Gasteiger partial charge in [0.2, 0.25) is 0 Å². The minimum Gasteiger partial charge on any atom is -0.324 e. The number of nitrogens with zero attached hydrogens (tertiary/aromatic N) is 5. The number of hydrogen-bond acceptors (Lipinski definition) is 3. The quantitative estimate of drug-likeness (QED) is 0.695. The molecule has 21 heavy (non-hydrogen) atoms. The summed E-state index contributed by atoms with van der Waals surface area (Å²) in [5.74, 6) is -0.583. The zero-order valence-corrected chi connectivity index (χ0v) is 12.0. The van der Waals surface area contributed by atoms with Crippen molar-refractivity contribution in [1.82, 2.24) is 24.3 Å². The number of imidazole rings is 1. The van der Waals surface area contributed by atoms with Crippen molar-refractivity contribution < 1.29 is 8.78 Å². The van der Waals surface area contributed by atoms with Gasteiger partial charge in [0.25, 0.3) is 0 Å². The summed E-state index contributed by atoms with van der Waals surface area (Å²) < 4.78 is 30.6. The number of fused-ring (bicyclic) bond motifs is 1. The minimum atomic E-state index is -0.912. The molecule has 110 valence electrons. The molecule has 0 unspecified atom stereocenters. The third-order valence-electron chi connectivity index (χ3n) is 3.20. The summed E-state index contributed by atoms with van der Waals surface area (Å²) in [6, 6.07) is 2.51. The fourth-order valence-corrected chi connectivity index (χ4v) is 2.46. The Hall–Kier alpha value is -2.02. The zero-order valence-electron chi connectivity index (χ0n) is 11.2. The molecular formula is C13H12ClF2N5. The number of aryl methyl sites for hydroxylation is 3. The lowest BCUT2D eigenvalue weighted by molar-refractivity contribution is 0.510. The van der Waals surface area contributed by atoms with E-state index in [2.05, 4.69) is 15.1 Å². The van der Waals surface area contributed by atoms with E-state index in [9.17, 15) is 8.78 Å². The molecule has 0 spiro atoms. The van der Waals surface area contributed by atoms with Crippen molar-refractivity contribution in [3.05, 3.63) is 41.7 Å². The summed E-state index contributed by atoms with van der Waals surface area (Å²) in [6.07, 6.45) is 2.07. The molecule has 0 bridgehead atoms. The van der Waals surface area contributed by atoms with Crippen LogP contribution in [0, 0.1) is 11.6 Å². The average Bonchev–Trinajstić information content (AvgIpc) is 3.04. The maximum atomic E-state index is 14.0. The first-order valence-corrected chi connectivity index (χ1v) is 6.87. The van der Waals surface area contributed by atoms with Gasteiger partial charge in [0, 0.05) is 20.0 Å². The number of hydrogen-bond donors (Lipinski definition) is 0. The SMILES string of the molecule is Cn1cnc(CCn2c(CCl)nc3ccc(F)c(F)c32)n1. The number of halogens is 3. The highest BCUT2D eigenvalue weighted by atomic mass is 35.5. The van der Waals surface area contributed by atoms with Gasteiger partial charge in [-0.2, -0.15) is 5.10 Å². The second-order valence-corrected chi connectivity index (χ2v) is 4.89. The van der Waals surface area contributed by atoms with E-state index in [0.29, 0.717) is 30.1 Å². The normalized spacial score (nSPS) is 11.4. The van der Waals surface area contributed by atoms with Crippen molar-refractivity contribution in [2.75, 3.05) is 0 Å². The minimum absolute atomic E-state index is 0.116. The molecule has 0 N–H and O–H groups in total. The van der Waals surface area contributed by atoms with Crippen LogP contribution < -0.4 is 0 Å². The number of aromatic nitrogens is 5. The van der Waals surface area contributed by atoms with Crippen molar-refractivity contribution in [2.24, 2.45) is 7.05 Å². The molecule has 0 aliphatic heterocycles. The summed E-state index contributed by atoms with van der Waals surface area (Å²) in [6.45, 7) is 0.378. The van der Waals surface area contributed by atoms with Crippen molar-refractivity contribution in [2.45, 2.75) is 18.8 Å². The summed E-state index contributed by atoms with van der Waals surface area (Å²) in [4.78, 5) is 8.34. The second-order valence-electron chi connectivity index (χ2n) is 4.63. The van der Waals surface area contributed by atoms with E-state index in [0.717, 1.165) is 6.07 Å². The van der Waals surface area contributed by atoms with Gasteiger partial charge in [-0.05, 0) is 12.1 Å². The van der Waals surface area contributed by atoms with Crippen LogP contribution in [0.25, 0.3) is 11.0 Å². The number of benzene rings is 1. The number of rotatable bonds is 4. The Morgan fingerprint density at radius 1 is 1.29 bits per heavy atom. The van der Waals surface area contributed by atoms with Gasteiger partial charge in [0.1, 0.15) is 17.7 Å². The van der Waals surface area contributed by atoms with Gasteiger partial charge in [0.05, 0.1) is 11.4 Å². The Kier molecular flexibility index (Phi) is 3.59. The monoisotopic (exact) mass is 311 g/mol. The highest BCUT2D eigenvalue weighted by molar-refractivity contribution is 6.16. The van der Waals surface area contributed by atoms with Crippen LogP contribution >= 0.6 is 11.6 Å². The summed E-state index contributed by atoms with van der Waals surface area (Å²) in [5.41, 5.74) is 0.514. The van der Waals surface area contributed by atoms with E-state index in [4.69, 9.17) is 11.6 Å². The first-order valence-electron chi connectivity index (χ1n) is 6.33. The van der Waals surface area contributed by atoms with Crippen LogP contribution in [0.2, 0.25) is 0 Å². The van der Waals surface area contributed by atoms with E-state index >= 15 is 0 Å². The lowest BCUT2D eigenvalue weighted by Gasteiger charge is -2.07. The molecule has 1 aromatic carbocycles. The second kappa shape index (κ2) is 5.40. The van der Waals surface area contributed by atoms with Crippen molar-refractivity contribution in [3.8, 4) is 0 Å². The predicted octanol–water partition coefficient (Wildman–Crippen LogP) is 2.42. The van der Waals surface area contributed by atoms with Gasteiger partial charge in [-0.1, -0.05) is 0 Å². The third kappa shape index (κ3) is 2.49. The van der Waals surface area contributed by atoms with Crippen LogP contribution in [0.15, 0.2) is 18.5 Å². The smallest absolute Gasteiger partial charge is 0.184 e. The third-order valence-corrected chi connectivity index (χ3v) is 3.44. The summed E-state index contributed by atoms with van der Waals surface area (Å²) in [7, 11) is 1.77. The largest absolute Gasteiger partial charge is 0.324 e. The molecule has 3 aromatic rings. The highest BCUT2D eigenvalue weighted by Gasteiger charge is 2.17. The fraction of sp³-hybridized carbons (Fsp3) is 0.308. The molecule has 5 nitrogen and oxygen atoms in total. The van der Waals surface area contributed by atoms with Crippen LogP contribution in [0.3, 0.4) is 0 Å². The average molecular weight is 312 g/mol. The van der Waals surface area contributed by atoms with E-state index in [1.54, 1.807) is 22.6 Å². The molecule has 0 atom stereocenters. The Balaban J connectivity index is 2.01. The topological polar surface area (TPSA) is 48.5 Å². The molecule has 0 saturated heterocycles. The molecule has 8 heteroatoms. The lowest BCUT2D eigenvalue weighted by Crippen LogP contribution is -2.07. The van der Waals surface area contributed by atoms with E-state index in [-0.39, 0.29) is 11.4 Å². The highest BCUT2D eigenvalue weighted by Crippen LogP contribution is 2.23. The standard InChI is InChI=1S/C13H12ClF2N5/c1-20-7-17-10(19-20)4-5-21-11(6-14)18-9-3-2-8(15)12(16)13(9)21/h2-3,7H,4-6H2,1H3. The zero-order chi connectivity index (χ0) is 15.0. The Morgan fingerprint density at radius 2 is 2.10 bits per heavy atom. The maximum Gasteiger partial charge on any atom is 0.184 e. The van der Waals surface area contributed by atoms with Crippen LogP contribution in [0.5, 0.6) is 0 Å². The van der Waals surface area contributed by atoms with Gasteiger partial charge in [-0.25, -0.2) is 18.7 Å². The predicted molar refractivity (Wildman–Crippen MR) is 73.9 cm³/mol. The molecule has 0 aliphatic carbocycles. The molecule has 2 heterocycles. The van der Waals surface area contributed by atoms with Crippen molar-refractivity contribution >= 4 is 22.6 Å². The van der Waals surface area contributed by atoms with Crippen LogP contribution in [-0.4, -0.2) is 24.3 Å². The summed E-state index contributed by atoms with van der Waals surface area (Å²) >= 11 is 5.85. The van der Waals surface area contributed by atoms with E-state index in [1.807, 2.05) is 0 Å². The van der Waals surface area contributed by atoms with Gasteiger partial charge in [-0.15, -0.1) is 11.6 Å².